The van der Waals surface area contributed by atoms with Gasteiger partial charge in [0, 0.05) is 9.37 Å². The normalized spacial score (nSPS) is 9.90. The van der Waals surface area contributed by atoms with Gasteiger partial charge >= 0.3 is 0 Å². The molecule has 0 saturated carbocycles. The minimum atomic E-state index is 1.09. The smallest absolute Gasteiger partial charge is 0.0236 e. The third-order valence-electron chi connectivity index (χ3n) is 1.22. The predicted molar refractivity (Wildman–Crippen MR) is 50.6 cm³/mol. The highest BCUT2D eigenvalue weighted by atomic mass is 79.9. The van der Waals surface area contributed by atoms with Gasteiger partial charge in [-0.15, -0.1) is 0 Å². The van der Waals surface area contributed by atoms with Crippen LogP contribution in [0.5, 0.6) is 0 Å². The van der Waals surface area contributed by atoms with Crippen LogP contribution in [0, 0.1) is 6.92 Å². The molecule has 0 aliphatic heterocycles. The highest BCUT2D eigenvalue weighted by Crippen LogP contribution is 2.26. The van der Waals surface area contributed by atoms with Crippen LogP contribution in [-0.4, -0.2) is 0 Å². The zero-order chi connectivity index (χ0) is 7.56. The molecule has 0 radical (unpaired) electrons. The maximum atomic E-state index is 5.55. The van der Waals surface area contributed by atoms with Crippen LogP contribution in [0.4, 0.5) is 0 Å². The number of hydrogen-bond acceptors (Lipinski definition) is 1. The van der Waals surface area contributed by atoms with Crippen molar-refractivity contribution in [3.63, 3.8) is 0 Å². The first-order valence-corrected chi connectivity index (χ1v) is 5.22. The summed E-state index contributed by atoms with van der Waals surface area (Å²) >= 11 is 3.41. The van der Waals surface area contributed by atoms with Gasteiger partial charge in [0.25, 0.3) is 0 Å². The molecule has 54 valence electrons. The second-order valence-corrected chi connectivity index (χ2v) is 3.93. The van der Waals surface area contributed by atoms with Crippen molar-refractivity contribution in [3.8, 4) is 0 Å². The first-order chi connectivity index (χ1) is 4.74. The van der Waals surface area contributed by atoms with Crippen molar-refractivity contribution in [3.05, 3.63) is 28.2 Å². The van der Waals surface area contributed by atoms with E-state index < -0.39 is 0 Å². The molecule has 1 aromatic carbocycles. The van der Waals surface area contributed by atoms with Crippen molar-refractivity contribution >= 4 is 37.6 Å². The van der Waals surface area contributed by atoms with E-state index in [4.69, 9.17) is 10.7 Å². The highest BCUT2D eigenvalue weighted by molar-refractivity contribution is 9.10. The third kappa shape index (κ3) is 1.91. The summed E-state index contributed by atoms with van der Waals surface area (Å²) in [6, 6.07) is 6.02. The lowest BCUT2D eigenvalue weighted by Crippen LogP contribution is -1.74. The fourth-order valence-corrected chi connectivity index (χ4v) is 1.54. The summed E-state index contributed by atoms with van der Waals surface area (Å²) in [7, 11) is 6.80. The van der Waals surface area contributed by atoms with E-state index in [1.54, 1.807) is 0 Å². The standard InChI is InChI=1S/C7H6BrClS/c1-5-4-6(10-9)2-3-7(5)8/h2-4H,1H3. The number of halogens is 2. The van der Waals surface area contributed by atoms with Crippen LogP contribution in [0.2, 0.25) is 0 Å². The van der Waals surface area contributed by atoms with E-state index in [0.717, 1.165) is 9.37 Å². The Bertz CT molecular complexity index is 237. The SMILES string of the molecule is Cc1cc(SCl)ccc1Br. The molecule has 0 aliphatic rings. The summed E-state index contributed by atoms with van der Waals surface area (Å²) in [6.45, 7) is 2.04. The first-order valence-electron chi connectivity index (χ1n) is 2.79. The van der Waals surface area contributed by atoms with Crippen molar-refractivity contribution < 1.29 is 0 Å². The van der Waals surface area contributed by atoms with Crippen LogP contribution in [-0.2, 0) is 0 Å². The van der Waals surface area contributed by atoms with Gasteiger partial charge in [-0.05, 0) is 52.3 Å². The highest BCUT2D eigenvalue weighted by Gasteiger charge is 1.95. The summed E-state index contributed by atoms with van der Waals surface area (Å²) < 4.78 is 1.13. The molecule has 0 spiro atoms. The van der Waals surface area contributed by atoms with E-state index >= 15 is 0 Å². The topological polar surface area (TPSA) is 0 Å². The van der Waals surface area contributed by atoms with Crippen LogP contribution in [0.1, 0.15) is 5.56 Å². The lowest BCUT2D eigenvalue weighted by atomic mass is 10.2. The van der Waals surface area contributed by atoms with Crippen molar-refractivity contribution in [2.45, 2.75) is 11.8 Å². The van der Waals surface area contributed by atoms with Crippen molar-refractivity contribution in [2.24, 2.45) is 0 Å². The molecule has 0 aromatic heterocycles. The van der Waals surface area contributed by atoms with Gasteiger partial charge in [-0.25, -0.2) is 0 Å². The van der Waals surface area contributed by atoms with Gasteiger partial charge in [-0.2, -0.15) is 0 Å². The molecule has 1 rings (SSSR count). The fraction of sp³-hybridized carbons (Fsp3) is 0.143. The largest absolute Gasteiger partial charge is 0.0505 e. The zero-order valence-electron chi connectivity index (χ0n) is 5.40. The molecule has 0 unspecified atom stereocenters. The van der Waals surface area contributed by atoms with Gasteiger partial charge in [-0.3, -0.25) is 0 Å². The van der Waals surface area contributed by atoms with Crippen LogP contribution in [0.15, 0.2) is 27.6 Å². The summed E-state index contributed by atoms with van der Waals surface area (Å²) in [5.41, 5.74) is 1.21. The summed E-state index contributed by atoms with van der Waals surface area (Å²) in [5.74, 6) is 0. The van der Waals surface area contributed by atoms with Crippen molar-refractivity contribution in [1.29, 1.82) is 0 Å². The first kappa shape index (κ1) is 8.44. The average Bonchev–Trinajstić information content (AvgIpc) is 1.95. The summed E-state index contributed by atoms with van der Waals surface area (Å²) in [5, 5.41) is 0. The van der Waals surface area contributed by atoms with Gasteiger partial charge in [0.05, 0.1) is 0 Å². The molecule has 1 aromatic rings. The molecule has 0 bridgehead atoms. The Balaban J connectivity index is 3.04. The zero-order valence-corrected chi connectivity index (χ0v) is 8.55. The van der Waals surface area contributed by atoms with E-state index in [9.17, 15) is 0 Å². The molecule has 0 atom stereocenters. The third-order valence-corrected chi connectivity index (χ3v) is 3.07. The molecule has 0 aliphatic carbocycles. The number of hydrogen-bond donors (Lipinski definition) is 0. The number of aryl methyl sites for hydroxylation is 1. The summed E-state index contributed by atoms with van der Waals surface area (Å²) in [6.07, 6.45) is 0. The van der Waals surface area contributed by atoms with E-state index in [-0.39, 0.29) is 0 Å². The van der Waals surface area contributed by atoms with E-state index in [1.807, 2.05) is 25.1 Å². The predicted octanol–water partition coefficient (Wildman–Crippen LogP) is 4.00. The van der Waals surface area contributed by atoms with Gasteiger partial charge in [-0.1, -0.05) is 15.9 Å². The maximum Gasteiger partial charge on any atom is 0.0236 e. The Morgan fingerprint density at radius 1 is 1.50 bits per heavy atom. The molecular formula is C7H6BrClS. The Morgan fingerprint density at radius 2 is 2.20 bits per heavy atom. The minimum absolute atomic E-state index is 1.09. The van der Waals surface area contributed by atoms with E-state index in [1.165, 1.54) is 16.5 Å². The Kier molecular flexibility index (Phi) is 3.08. The van der Waals surface area contributed by atoms with Gasteiger partial charge in [0.15, 0.2) is 0 Å². The van der Waals surface area contributed by atoms with Crippen molar-refractivity contribution in [2.75, 3.05) is 0 Å². The number of rotatable bonds is 1. The van der Waals surface area contributed by atoms with Gasteiger partial charge in [0.1, 0.15) is 0 Å². The Morgan fingerprint density at radius 3 is 2.70 bits per heavy atom. The van der Waals surface area contributed by atoms with E-state index in [0.29, 0.717) is 0 Å². The Hall–Kier alpha value is 0.340. The van der Waals surface area contributed by atoms with Gasteiger partial charge < -0.3 is 0 Å². The lowest BCUT2D eigenvalue weighted by Gasteiger charge is -1.98. The molecule has 10 heavy (non-hydrogen) atoms. The molecule has 0 fully saturated rings. The van der Waals surface area contributed by atoms with Crippen molar-refractivity contribution in [1.82, 2.24) is 0 Å². The van der Waals surface area contributed by atoms with Crippen LogP contribution >= 0.6 is 37.6 Å². The molecule has 3 heteroatoms. The van der Waals surface area contributed by atoms with Crippen LogP contribution < -0.4 is 0 Å². The minimum Gasteiger partial charge on any atom is -0.0505 e. The second kappa shape index (κ2) is 3.65. The fourth-order valence-electron chi connectivity index (χ4n) is 0.665. The molecule has 0 N–H and O–H groups in total. The second-order valence-electron chi connectivity index (χ2n) is 1.99. The molecular weight excluding hydrogens is 232 g/mol. The molecule has 0 amide bonds. The summed E-state index contributed by atoms with van der Waals surface area (Å²) in [4.78, 5) is 1.09. The Labute approximate surface area is 77.6 Å². The quantitative estimate of drug-likeness (QED) is 0.711. The maximum absolute atomic E-state index is 5.55. The van der Waals surface area contributed by atoms with Gasteiger partial charge in [0.2, 0.25) is 0 Å². The lowest BCUT2D eigenvalue weighted by molar-refractivity contribution is 1.34. The monoisotopic (exact) mass is 236 g/mol. The molecule has 0 nitrogen and oxygen atoms in total. The van der Waals surface area contributed by atoms with Crippen LogP contribution in [0.3, 0.4) is 0 Å². The average molecular weight is 238 g/mol. The van der Waals surface area contributed by atoms with Crippen LogP contribution in [0.25, 0.3) is 0 Å². The van der Waals surface area contributed by atoms with E-state index in [2.05, 4.69) is 15.9 Å². The molecule has 0 saturated heterocycles. The molecule has 0 heterocycles. The number of benzene rings is 1.